The molecule has 1 atom stereocenters. The third kappa shape index (κ3) is 4.19. The Morgan fingerprint density at radius 1 is 0.970 bits per heavy atom. The molecule has 1 fully saturated rings. The quantitative estimate of drug-likeness (QED) is 0.492. The van der Waals surface area contributed by atoms with Crippen LogP contribution in [0.3, 0.4) is 0 Å². The normalized spacial score (nSPS) is 15.1. The van der Waals surface area contributed by atoms with E-state index in [-0.39, 0.29) is 17.5 Å². The van der Waals surface area contributed by atoms with E-state index >= 15 is 4.39 Å². The highest BCUT2D eigenvalue weighted by molar-refractivity contribution is 5.63. The molecule has 33 heavy (non-hydrogen) atoms. The van der Waals surface area contributed by atoms with Gasteiger partial charge < -0.3 is 15.0 Å². The molecule has 1 saturated heterocycles. The van der Waals surface area contributed by atoms with Crippen molar-refractivity contribution in [3.05, 3.63) is 66.0 Å². The zero-order valence-corrected chi connectivity index (χ0v) is 17.7. The van der Waals surface area contributed by atoms with Gasteiger partial charge in [0.15, 0.2) is 17.5 Å². The molecule has 1 aliphatic rings. The first kappa shape index (κ1) is 21.1. The lowest BCUT2D eigenvalue weighted by Crippen LogP contribution is -2.37. The van der Waals surface area contributed by atoms with Crippen LogP contribution in [0, 0.1) is 17.5 Å². The predicted molar refractivity (Wildman–Crippen MR) is 115 cm³/mol. The van der Waals surface area contributed by atoms with Gasteiger partial charge in [-0.3, -0.25) is 9.38 Å². The van der Waals surface area contributed by atoms with Crippen LogP contribution in [0.2, 0.25) is 0 Å². The molecule has 4 aromatic heterocycles. The van der Waals surface area contributed by atoms with E-state index in [9.17, 15) is 8.78 Å². The number of halogens is 3. The van der Waals surface area contributed by atoms with Gasteiger partial charge in [0.2, 0.25) is 5.82 Å². The third-order valence-corrected chi connectivity index (χ3v) is 5.39. The molecule has 170 valence electrons. The first-order valence-corrected chi connectivity index (χ1v) is 10.4. The molecule has 0 amide bonds. The Bertz CT molecular complexity index is 1290. The highest BCUT2D eigenvalue weighted by Crippen LogP contribution is 2.30. The Balaban J connectivity index is 1.59. The lowest BCUT2D eigenvalue weighted by molar-refractivity contribution is 0.122. The third-order valence-electron chi connectivity index (χ3n) is 5.39. The summed E-state index contributed by atoms with van der Waals surface area (Å²) in [5, 5.41) is 3.01. The van der Waals surface area contributed by atoms with E-state index < -0.39 is 23.5 Å². The average Bonchev–Trinajstić information content (AvgIpc) is 3.24. The second-order valence-electron chi connectivity index (χ2n) is 7.62. The van der Waals surface area contributed by atoms with Crippen LogP contribution in [0.5, 0.6) is 0 Å². The van der Waals surface area contributed by atoms with Crippen molar-refractivity contribution in [2.45, 2.75) is 13.0 Å². The molecular formula is C22H20F3N7O. The van der Waals surface area contributed by atoms with E-state index in [1.807, 2.05) is 0 Å². The minimum atomic E-state index is -0.630. The van der Waals surface area contributed by atoms with Crippen molar-refractivity contribution >= 4 is 17.3 Å². The standard InChI is InChI=1S/C22H20F3N7O/c1-13(16-4-2-14(23)10-26-16)28-21-19(25)22(31-6-8-33-9-7-31)30-20(29-21)17-11-27-18-5-3-15(24)12-32(17)18/h2-5,10-13H,6-9H2,1H3,(H,28,29,30)/t13-/m0/s1. The van der Waals surface area contributed by atoms with Crippen molar-refractivity contribution in [3.8, 4) is 11.5 Å². The highest BCUT2D eigenvalue weighted by atomic mass is 19.1. The van der Waals surface area contributed by atoms with Crippen molar-refractivity contribution in [2.24, 2.45) is 0 Å². The van der Waals surface area contributed by atoms with Crippen LogP contribution in [0.15, 0.2) is 42.9 Å². The first-order chi connectivity index (χ1) is 16.0. The molecule has 0 bridgehead atoms. The van der Waals surface area contributed by atoms with Crippen molar-refractivity contribution in [3.63, 3.8) is 0 Å². The number of nitrogens with zero attached hydrogens (tertiary/aromatic N) is 6. The second-order valence-corrected chi connectivity index (χ2v) is 7.62. The van der Waals surface area contributed by atoms with E-state index in [4.69, 9.17) is 4.74 Å². The number of imidazole rings is 1. The van der Waals surface area contributed by atoms with Crippen LogP contribution in [0.1, 0.15) is 18.7 Å². The fourth-order valence-electron chi connectivity index (χ4n) is 3.67. The number of fused-ring (bicyclic) bond motifs is 1. The molecule has 0 radical (unpaired) electrons. The van der Waals surface area contributed by atoms with Gasteiger partial charge in [0.25, 0.3) is 0 Å². The van der Waals surface area contributed by atoms with Crippen LogP contribution < -0.4 is 10.2 Å². The smallest absolute Gasteiger partial charge is 0.207 e. The van der Waals surface area contributed by atoms with Gasteiger partial charge >= 0.3 is 0 Å². The number of nitrogens with one attached hydrogen (secondary N) is 1. The van der Waals surface area contributed by atoms with Crippen molar-refractivity contribution in [1.29, 1.82) is 0 Å². The number of pyridine rings is 2. The molecule has 0 aromatic carbocycles. The van der Waals surface area contributed by atoms with Gasteiger partial charge in [-0.05, 0) is 31.2 Å². The summed E-state index contributed by atoms with van der Waals surface area (Å²) in [7, 11) is 0. The Morgan fingerprint density at radius 3 is 2.52 bits per heavy atom. The van der Waals surface area contributed by atoms with Gasteiger partial charge in [-0.25, -0.2) is 23.7 Å². The van der Waals surface area contributed by atoms with Gasteiger partial charge in [-0.15, -0.1) is 0 Å². The summed E-state index contributed by atoms with van der Waals surface area (Å²) in [5.74, 6) is -1.31. The Labute approximate surface area is 187 Å². The molecule has 0 spiro atoms. The molecule has 5 rings (SSSR count). The number of hydrogen-bond acceptors (Lipinski definition) is 7. The Hall–Kier alpha value is -3.73. The first-order valence-electron chi connectivity index (χ1n) is 10.4. The van der Waals surface area contributed by atoms with Crippen LogP contribution >= 0.6 is 0 Å². The van der Waals surface area contributed by atoms with E-state index in [0.717, 1.165) is 6.20 Å². The molecule has 5 heterocycles. The van der Waals surface area contributed by atoms with E-state index in [2.05, 4.69) is 25.3 Å². The maximum atomic E-state index is 15.6. The fraction of sp³-hybridized carbons (Fsp3) is 0.273. The molecule has 0 aliphatic carbocycles. The number of hydrogen-bond donors (Lipinski definition) is 1. The predicted octanol–water partition coefficient (Wildman–Crippen LogP) is 3.61. The molecule has 1 N–H and O–H groups in total. The van der Waals surface area contributed by atoms with Crippen LogP contribution in [0.25, 0.3) is 17.2 Å². The summed E-state index contributed by atoms with van der Waals surface area (Å²) < 4.78 is 49.6. The number of morpholine rings is 1. The SMILES string of the molecule is C[C@H](Nc1nc(-c2cnc3ccc(F)cn23)nc(N2CCOCC2)c1F)c1ccc(F)cn1. The van der Waals surface area contributed by atoms with E-state index in [1.165, 1.54) is 41.1 Å². The largest absolute Gasteiger partial charge is 0.378 e. The number of ether oxygens (including phenoxy) is 1. The molecule has 11 heteroatoms. The minimum Gasteiger partial charge on any atom is -0.378 e. The maximum absolute atomic E-state index is 15.6. The van der Waals surface area contributed by atoms with Crippen LogP contribution in [0.4, 0.5) is 24.8 Å². The molecular weight excluding hydrogens is 435 g/mol. The summed E-state index contributed by atoms with van der Waals surface area (Å²) in [6.45, 7) is 3.57. The summed E-state index contributed by atoms with van der Waals surface area (Å²) >= 11 is 0. The van der Waals surface area contributed by atoms with Crippen LogP contribution in [-0.2, 0) is 4.74 Å². The molecule has 4 aromatic rings. The summed E-state index contributed by atoms with van der Waals surface area (Å²) in [5.41, 5.74) is 1.43. The number of aromatic nitrogens is 5. The molecule has 0 unspecified atom stereocenters. The average molecular weight is 455 g/mol. The van der Waals surface area contributed by atoms with Crippen molar-refractivity contribution < 1.29 is 17.9 Å². The lowest BCUT2D eigenvalue weighted by Gasteiger charge is -2.29. The summed E-state index contributed by atoms with van der Waals surface area (Å²) in [6, 6.07) is 5.17. The molecule has 8 nitrogen and oxygen atoms in total. The fourth-order valence-corrected chi connectivity index (χ4v) is 3.67. The number of rotatable bonds is 5. The maximum Gasteiger partial charge on any atom is 0.207 e. The molecule has 0 saturated carbocycles. The summed E-state index contributed by atoms with van der Waals surface area (Å²) in [6.07, 6.45) is 3.89. The van der Waals surface area contributed by atoms with Gasteiger partial charge in [-0.2, -0.15) is 4.39 Å². The van der Waals surface area contributed by atoms with Gasteiger partial charge in [0.1, 0.15) is 23.0 Å². The monoisotopic (exact) mass is 455 g/mol. The zero-order valence-electron chi connectivity index (χ0n) is 17.7. The zero-order chi connectivity index (χ0) is 22.9. The van der Waals surface area contributed by atoms with Gasteiger partial charge in [0.05, 0.1) is 37.3 Å². The van der Waals surface area contributed by atoms with Gasteiger partial charge in [0, 0.05) is 19.3 Å². The topological polar surface area (TPSA) is 80.5 Å². The second kappa shape index (κ2) is 8.66. The number of anilines is 2. The highest BCUT2D eigenvalue weighted by Gasteiger charge is 2.24. The Morgan fingerprint density at radius 2 is 1.76 bits per heavy atom. The van der Waals surface area contributed by atoms with Crippen LogP contribution in [-0.4, -0.2) is 50.6 Å². The lowest BCUT2D eigenvalue weighted by atomic mass is 10.2. The molecule has 1 aliphatic heterocycles. The van der Waals surface area contributed by atoms with Gasteiger partial charge in [-0.1, -0.05) is 0 Å². The van der Waals surface area contributed by atoms with Crippen molar-refractivity contribution in [1.82, 2.24) is 24.3 Å². The Kier molecular flexibility index (Phi) is 5.55. The van der Waals surface area contributed by atoms with Crippen molar-refractivity contribution in [2.75, 3.05) is 36.5 Å². The minimum absolute atomic E-state index is 0.0496. The summed E-state index contributed by atoms with van der Waals surface area (Å²) in [4.78, 5) is 19.0. The van der Waals surface area contributed by atoms with E-state index in [1.54, 1.807) is 11.8 Å². The van der Waals surface area contributed by atoms with E-state index in [0.29, 0.717) is 43.3 Å².